The van der Waals surface area contributed by atoms with Gasteiger partial charge in [0.05, 0.1) is 0 Å². The Morgan fingerprint density at radius 1 is 1.19 bits per heavy atom. The maximum absolute atomic E-state index is 6.09. The minimum atomic E-state index is -0.0447. The Morgan fingerprint density at radius 3 is 2.43 bits per heavy atom. The first-order chi connectivity index (χ1) is 9.93. The zero-order chi connectivity index (χ0) is 15.5. The molecule has 0 aliphatic heterocycles. The van der Waals surface area contributed by atoms with E-state index in [0.717, 1.165) is 22.4 Å². The second-order valence-electron chi connectivity index (χ2n) is 6.14. The van der Waals surface area contributed by atoms with Crippen molar-refractivity contribution < 1.29 is 4.74 Å². The third-order valence-electron chi connectivity index (χ3n) is 3.43. The summed E-state index contributed by atoms with van der Waals surface area (Å²) in [4.78, 5) is 4.36. The van der Waals surface area contributed by atoms with Crippen LogP contribution in [0, 0.1) is 6.92 Å². The van der Waals surface area contributed by atoms with E-state index in [1.165, 1.54) is 0 Å². The van der Waals surface area contributed by atoms with Crippen molar-refractivity contribution in [2.24, 2.45) is 5.84 Å². The number of pyridine rings is 1. The van der Waals surface area contributed by atoms with Gasteiger partial charge < -0.3 is 10.2 Å². The molecule has 3 N–H and O–H groups in total. The molecule has 112 valence electrons. The highest BCUT2D eigenvalue weighted by molar-refractivity contribution is 5.55. The van der Waals surface area contributed by atoms with Crippen molar-refractivity contribution in [3.05, 3.63) is 53.2 Å². The van der Waals surface area contributed by atoms with Gasteiger partial charge >= 0.3 is 0 Å². The molecule has 1 aromatic carbocycles. The van der Waals surface area contributed by atoms with E-state index in [1.54, 1.807) is 0 Å². The molecule has 0 fully saturated rings. The number of nitrogens with two attached hydrogens (primary N) is 1. The molecule has 4 heteroatoms. The number of aromatic nitrogens is 1. The van der Waals surface area contributed by atoms with Gasteiger partial charge in [-0.05, 0) is 17.9 Å². The fraction of sp³-hybridized carbons (Fsp3) is 0.353. The van der Waals surface area contributed by atoms with Gasteiger partial charge in [0.25, 0.3) is 0 Å². The summed E-state index contributed by atoms with van der Waals surface area (Å²) in [6.45, 7) is 8.94. The lowest BCUT2D eigenvalue weighted by Crippen LogP contribution is -2.17. The van der Waals surface area contributed by atoms with Crippen LogP contribution in [0.5, 0.6) is 5.75 Å². The molecule has 0 unspecified atom stereocenters. The average Bonchev–Trinajstić information content (AvgIpc) is 2.45. The largest absolute Gasteiger partial charge is 0.488 e. The molecule has 0 saturated carbocycles. The maximum atomic E-state index is 6.09. The first kappa shape index (κ1) is 15.3. The van der Waals surface area contributed by atoms with E-state index in [4.69, 9.17) is 10.6 Å². The Morgan fingerprint density at radius 2 is 1.86 bits per heavy atom. The summed E-state index contributed by atoms with van der Waals surface area (Å²) in [7, 11) is 0. The van der Waals surface area contributed by atoms with E-state index >= 15 is 0 Å². The zero-order valence-electron chi connectivity index (χ0n) is 13.1. The van der Waals surface area contributed by atoms with Crippen LogP contribution >= 0.6 is 0 Å². The van der Waals surface area contributed by atoms with Gasteiger partial charge in [0.2, 0.25) is 0 Å². The van der Waals surface area contributed by atoms with Crippen molar-refractivity contribution in [3.63, 3.8) is 0 Å². The molecule has 0 amide bonds. The van der Waals surface area contributed by atoms with Gasteiger partial charge in [-0.1, -0.05) is 51.1 Å². The molecule has 0 atom stereocenters. The Labute approximate surface area is 126 Å². The van der Waals surface area contributed by atoms with Crippen molar-refractivity contribution in [1.82, 2.24) is 4.98 Å². The molecule has 1 heterocycles. The monoisotopic (exact) mass is 285 g/mol. The quantitative estimate of drug-likeness (QED) is 0.666. The SMILES string of the molecule is Cc1c(NN)ncc(C(C)(C)C)c1OCc1ccccc1. The second kappa shape index (κ2) is 6.14. The molecule has 0 spiro atoms. The third-order valence-corrected chi connectivity index (χ3v) is 3.43. The number of hydrogen-bond acceptors (Lipinski definition) is 4. The summed E-state index contributed by atoms with van der Waals surface area (Å²) >= 11 is 0. The van der Waals surface area contributed by atoms with Crippen molar-refractivity contribution in [3.8, 4) is 5.75 Å². The minimum Gasteiger partial charge on any atom is -0.488 e. The van der Waals surface area contributed by atoms with Gasteiger partial charge in [0.1, 0.15) is 18.2 Å². The zero-order valence-corrected chi connectivity index (χ0v) is 13.1. The van der Waals surface area contributed by atoms with Crippen LogP contribution in [-0.4, -0.2) is 4.98 Å². The van der Waals surface area contributed by atoms with E-state index in [9.17, 15) is 0 Å². The first-order valence-electron chi connectivity index (χ1n) is 7.07. The van der Waals surface area contributed by atoms with Crippen LogP contribution in [0.4, 0.5) is 5.82 Å². The van der Waals surface area contributed by atoms with E-state index in [-0.39, 0.29) is 5.41 Å². The van der Waals surface area contributed by atoms with Crippen LogP contribution in [0.2, 0.25) is 0 Å². The molecule has 1 aromatic heterocycles. The molecule has 0 aliphatic rings. The van der Waals surface area contributed by atoms with Gasteiger partial charge in [-0.2, -0.15) is 0 Å². The number of rotatable bonds is 4. The fourth-order valence-corrected chi connectivity index (χ4v) is 2.19. The topological polar surface area (TPSA) is 60.2 Å². The summed E-state index contributed by atoms with van der Waals surface area (Å²) < 4.78 is 6.09. The number of nitrogens with zero attached hydrogens (tertiary/aromatic N) is 1. The van der Waals surface area contributed by atoms with E-state index in [2.05, 4.69) is 43.3 Å². The smallest absolute Gasteiger partial charge is 0.146 e. The van der Waals surface area contributed by atoms with Gasteiger partial charge in [-0.3, -0.25) is 0 Å². The van der Waals surface area contributed by atoms with Crippen molar-refractivity contribution in [1.29, 1.82) is 0 Å². The number of nitrogen functional groups attached to an aromatic ring is 1. The fourth-order valence-electron chi connectivity index (χ4n) is 2.19. The number of benzene rings is 1. The molecule has 4 nitrogen and oxygen atoms in total. The molecule has 2 aromatic rings. The van der Waals surface area contributed by atoms with E-state index < -0.39 is 0 Å². The van der Waals surface area contributed by atoms with Crippen LogP contribution in [0.25, 0.3) is 0 Å². The molecule has 21 heavy (non-hydrogen) atoms. The van der Waals surface area contributed by atoms with Crippen LogP contribution < -0.4 is 16.0 Å². The number of anilines is 1. The molecule has 0 radical (unpaired) electrons. The molecular weight excluding hydrogens is 262 g/mol. The molecule has 2 rings (SSSR count). The molecule has 0 saturated heterocycles. The molecule has 0 aliphatic carbocycles. The lowest BCUT2D eigenvalue weighted by atomic mass is 9.86. The van der Waals surface area contributed by atoms with Gasteiger partial charge in [-0.25, -0.2) is 10.8 Å². The van der Waals surface area contributed by atoms with E-state index in [0.29, 0.717) is 12.4 Å². The number of ether oxygens (including phenoxy) is 1. The number of nitrogens with one attached hydrogen (secondary N) is 1. The summed E-state index contributed by atoms with van der Waals surface area (Å²) in [6, 6.07) is 10.1. The van der Waals surface area contributed by atoms with Crippen LogP contribution in [0.1, 0.15) is 37.5 Å². The van der Waals surface area contributed by atoms with Gasteiger partial charge in [0, 0.05) is 17.3 Å². The van der Waals surface area contributed by atoms with Crippen molar-refractivity contribution in [2.75, 3.05) is 5.43 Å². The normalized spacial score (nSPS) is 11.3. The predicted molar refractivity (Wildman–Crippen MR) is 86.3 cm³/mol. The lowest BCUT2D eigenvalue weighted by molar-refractivity contribution is 0.295. The maximum Gasteiger partial charge on any atom is 0.146 e. The summed E-state index contributed by atoms with van der Waals surface area (Å²) in [5, 5.41) is 0. The highest BCUT2D eigenvalue weighted by Gasteiger charge is 2.22. The summed E-state index contributed by atoms with van der Waals surface area (Å²) in [5.41, 5.74) is 5.72. The lowest BCUT2D eigenvalue weighted by Gasteiger charge is -2.24. The van der Waals surface area contributed by atoms with Gasteiger partial charge in [0.15, 0.2) is 0 Å². The summed E-state index contributed by atoms with van der Waals surface area (Å²) in [5.74, 6) is 7.02. The highest BCUT2D eigenvalue weighted by Crippen LogP contribution is 2.36. The Balaban J connectivity index is 2.35. The Bertz CT molecular complexity index is 603. The second-order valence-corrected chi connectivity index (χ2v) is 6.14. The minimum absolute atomic E-state index is 0.0447. The number of hydrogen-bond donors (Lipinski definition) is 2. The van der Waals surface area contributed by atoms with Crippen molar-refractivity contribution >= 4 is 5.82 Å². The molecule has 0 bridgehead atoms. The first-order valence-corrected chi connectivity index (χ1v) is 7.07. The number of hydrazine groups is 1. The average molecular weight is 285 g/mol. The molecular formula is C17H23N3O. The highest BCUT2D eigenvalue weighted by atomic mass is 16.5. The Kier molecular flexibility index (Phi) is 4.48. The van der Waals surface area contributed by atoms with E-state index in [1.807, 2.05) is 31.3 Å². The predicted octanol–water partition coefficient (Wildman–Crippen LogP) is 3.55. The van der Waals surface area contributed by atoms with Crippen LogP contribution in [0.15, 0.2) is 36.5 Å². The van der Waals surface area contributed by atoms with Crippen molar-refractivity contribution in [2.45, 2.75) is 39.7 Å². The Hall–Kier alpha value is -2.07. The summed E-state index contributed by atoms with van der Waals surface area (Å²) in [6.07, 6.45) is 1.84. The van der Waals surface area contributed by atoms with Gasteiger partial charge in [-0.15, -0.1) is 0 Å². The van der Waals surface area contributed by atoms with Crippen LogP contribution in [0.3, 0.4) is 0 Å². The standard InChI is InChI=1S/C17H23N3O/c1-12-15(21-11-13-8-6-5-7-9-13)14(17(2,3)4)10-19-16(12)20-18/h5-10H,11,18H2,1-4H3,(H,19,20). The van der Waals surface area contributed by atoms with Crippen LogP contribution in [-0.2, 0) is 12.0 Å². The third kappa shape index (κ3) is 3.52.